The first-order chi connectivity index (χ1) is 8.10. The highest BCUT2D eigenvalue weighted by Crippen LogP contribution is 2.21. The Kier molecular flexibility index (Phi) is 4.04. The van der Waals surface area contributed by atoms with E-state index >= 15 is 0 Å². The number of hydrogen-bond donors (Lipinski definition) is 2. The van der Waals surface area contributed by atoms with Crippen LogP contribution < -0.4 is 10.5 Å². The van der Waals surface area contributed by atoms with Crippen LogP contribution in [0.3, 0.4) is 0 Å². The third-order valence-corrected chi connectivity index (χ3v) is 4.38. The van der Waals surface area contributed by atoms with Gasteiger partial charge in [0, 0.05) is 20.7 Å². The molecule has 3 N–H and O–H groups in total. The number of aryl methyl sites for hydroxylation is 1. The van der Waals surface area contributed by atoms with Gasteiger partial charge >= 0.3 is 0 Å². The Morgan fingerprint density at radius 3 is 2.44 bits per heavy atom. The highest BCUT2D eigenvalue weighted by atomic mass is 32.2. The maximum atomic E-state index is 12.1. The standard InChI is InChI=1S/C10H20N4O3S/c1-7-8(9(11)13-14(7)4)18(15,16)12-6-10(2,3)17-5/h12H,6H2,1-5H3,(H2,11,13). The second-order valence-corrected chi connectivity index (χ2v) is 6.42. The summed E-state index contributed by atoms with van der Waals surface area (Å²) < 4.78 is 33.4. The predicted molar refractivity (Wildman–Crippen MR) is 68.6 cm³/mol. The van der Waals surface area contributed by atoms with Crippen molar-refractivity contribution in [2.45, 2.75) is 31.3 Å². The first-order valence-corrected chi connectivity index (χ1v) is 6.93. The second kappa shape index (κ2) is 4.87. The molecule has 8 heteroatoms. The first kappa shape index (κ1) is 14.9. The van der Waals surface area contributed by atoms with Gasteiger partial charge in [0.15, 0.2) is 5.82 Å². The van der Waals surface area contributed by atoms with Crippen molar-refractivity contribution < 1.29 is 13.2 Å². The topological polar surface area (TPSA) is 99.2 Å². The number of hydrogen-bond acceptors (Lipinski definition) is 5. The monoisotopic (exact) mass is 276 g/mol. The van der Waals surface area contributed by atoms with Crippen LogP contribution in [-0.4, -0.2) is 37.5 Å². The number of sulfonamides is 1. The van der Waals surface area contributed by atoms with Gasteiger partial charge in [0.25, 0.3) is 0 Å². The van der Waals surface area contributed by atoms with E-state index in [0.717, 1.165) is 0 Å². The Morgan fingerprint density at radius 2 is 2.06 bits per heavy atom. The van der Waals surface area contributed by atoms with Crippen LogP contribution in [-0.2, 0) is 21.8 Å². The fraction of sp³-hybridized carbons (Fsp3) is 0.700. The molecule has 104 valence electrons. The van der Waals surface area contributed by atoms with Crippen LogP contribution in [0.25, 0.3) is 0 Å². The average Bonchev–Trinajstić information content (AvgIpc) is 2.51. The molecule has 7 nitrogen and oxygen atoms in total. The molecule has 18 heavy (non-hydrogen) atoms. The van der Waals surface area contributed by atoms with Crippen molar-refractivity contribution in [2.24, 2.45) is 7.05 Å². The number of ether oxygens (including phenoxy) is 1. The first-order valence-electron chi connectivity index (χ1n) is 5.44. The van der Waals surface area contributed by atoms with Gasteiger partial charge in [-0.1, -0.05) is 0 Å². The van der Waals surface area contributed by atoms with E-state index in [1.807, 2.05) is 0 Å². The highest BCUT2D eigenvalue weighted by Gasteiger charge is 2.27. The molecule has 0 saturated carbocycles. The number of methoxy groups -OCH3 is 1. The summed E-state index contributed by atoms with van der Waals surface area (Å²) in [5.41, 5.74) is 5.53. The normalized spacial score (nSPS) is 12.9. The van der Waals surface area contributed by atoms with Crippen molar-refractivity contribution in [3.63, 3.8) is 0 Å². The van der Waals surface area contributed by atoms with Gasteiger partial charge in [-0.2, -0.15) is 5.10 Å². The van der Waals surface area contributed by atoms with Crippen LogP contribution >= 0.6 is 0 Å². The molecule has 0 fully saturated rings. The molecule has 0 saturated heterocycles. The minimum Gasteiger partial charge on any atom is -0.381 e. The van der Waals surface area contributed by atoms with Gasteiger partial charge in [0.05, 0.1) is 11.3 Å². The van der Waals surface area contributed by atoms with Crippen molar-refractivity contribution in [1.29, 1.82) is 0 Å². The molecule has 0 atom stereocenters. The zero-order valence-electron chi connectivity index (χ0n) is 11.3. The quantitative estimate of drug-likeness (QED) is 0.789. The van der Waals surface area contributed by atoms with E-state index in [9.17, 15) is 8.42 Å². The number of nitrogen functional groups attached to an aromatic ring is 1. The Balaban J connectivity index is 3.01. The Bertz CT molecular complexity index is 534. The summed E-state index contributed by atoms with van der Waals surface area (Å²) >= 11 is 0. The summed E-state index contributed by atoms with van der Waals surface area (Å²) in [6.45, 7) is 5.38. The second-order valence-electron chi connectivity index (χ2n) is 4.71. The van der Waals surface area contributed by atoms with Crippen LogP contribution in [0.2, 0.25) is 0 Å². The van der Waals surface area contributed by atoms with E-state index in [4.69, 9.17) is 10.5 Å². The molecule has 1 heterocycles. The minimum atomic E-state index is -3.68. The van der Waals surface area contributed by atoms with Crippen molar-refractivity contribution in [3.8, 4) is 0 Å². The van der Waals surface area contributed by atoms with E-state index in [1.54, 1.807) is 27.8 Å². The lowest BCUT2D eigenvalue weighted by Gasteiger charge is -2.23. The van der Waals surface area contributed by atoms with Gasteiger partial charge < -0.3 is 10.5 Å². The number of anilines is 1. The third kappa shape index (κ3) is 3.01. The lowest BCUT2D eigenvalue weighted by atomic mass is 10.1. The van der Waals surface area contributed by atoms with Gasteiger partial charge in [0.1, 0.15) is 4.90 Å². The van der Waals surface area contributed by atoms with E-state index in [0.29, 0.717) is 5.69 Å². The summed E-state index contributed by atoms with van der Waals surface area (Å²) in [5, 5.41) is 3.89. The SMILES string of the molecule is COC(C)(C)CNS(=O)(=O)c1c(N)nn(C)c1C. The molecule has 1 aromatic rings. The maximum Gasteiger partial charge on any atom is 0.246 e. The van der Waals surface area contributed by atoms with Crippen molar-refractivity contribution in [1.82, 2.24) is 14.5 Å². The fourth-order valence-electron chi connectivity index (χ4n) is 1.36. The van der Waals surface area contributed by atoms with Gasteiger partial charge in [-0.25, -0.2) is 13.1 Å². The van der Waals surface area contributed by atoms with Gasteiger partial charge in [-0.05, 0) is 20.8 Å². The lowest BCUT2D eigenvalue weighted by molar-refractivity contribution is 0.0276. The molecule has 0 spiro atoms. The third-order valence-electron chi connectivity index (χ3n) is 2.81. The van der Waals surface area contributed by atoms with Crippen molar-refractivity contribution in [2.75, 3.05) is 19.4 Å². The highest BCUT2D eigenvalue weighted by molar-refractivity contribution is 7.89. The summed E-state index contributed by atoms with van der Waals surface area (Å²) in [7, 11) is -0.514. The largest absolute Gasteiger partial charge is 0.381 e. The summed E-state index contributed by atoms with van der Waals surface area (Å²) in [6.07, 6.45) is 0. The van der Waals surface area contributed by atoms with Crippen molar-refractivity contribution in [3.05, 3.63) is 5.69 Å². The van der Waals surface area contributed by atoms with Crippen LogP contribution in [0.5, 0.6) is 0 Å². The smallest absolute Gasteiger partial charge is 0.246 e. The lowest BCUT2D eigenvalue weighted by Crippen LogP contribution is -2.39. The van der Waals surface area contributed by atoms with E-state index in [-0.39, 0.29) is 17.3 Å². The maximum absolute atomic E-state index is 12.1. The fourth-order valence-corrected chi connectivity index (χ4v) is 2.88. The Hall–Kier alpha value is -1.12. The average molecular weight is 276 g/mol. The molecule has 0 radical (unpaired) electrons. The van der Waals surface area contributed by atoms with Gasteiger partial charge in [-0.15, -0.1) is 0 Å². The summed E-state index contributed by atoms with van der Waals surface area (Å²) in [6, 6.07) is 0. The zero-order chi connectivity index (χ0) is 14.1. The molecule has 0 amide bonds. The van der Waals surface area contributed by atoms with E-state index in [2.05, 4.69) is 9.82 Å². The zero-order valence-corrected chi connectivity index (χ0v) is 12.1. The molecule has 0 aliphatic rings. The van der Waals surface area contributed by atoms with Crippen LogP contribution in [0.1, 0.15) is 19.5 Å². The number of rotatable bonds is 5. The molecular weight excluding hydrogens is 256 g/mol. The number of nitrogens with one attached hydrogen (secondary N) is 1. The summed E-state index contributed by atoms with van der Waals surface area (Å²) in [5.74, 6) is -0.00211. The Labute approximate surface area is 107 Å². The number of aromatic nitrogens is 2. The van der Waals surface area contributed by atoms with Crippen LogP contribution in [0.4, 0.5) is 5.82 Å². The minimum absolute atomic E-state index is 0.00211. The molecular formula is C10H20N4O3S. The molecule has 0 aliphatic heterocycles. The molecule has 1 aromatic heterocycles. The number of nitrogens with zero attached hydrogens (tertiary/aromatic N) is 2. The molecule has 0 unspecified atom stereocenters. The summed E-state index contributed by atoms with van der Waals surface area (Å²) in [4.78, 5) is 0.0249. The molecule has 0 aromatic carbocycles. The van der Waals surface area contributed by atoms with Crippen LogP contribution in [0, 0.1) is 6.92 Å². The predicted octanol–water partition coefficient (Wildman–Crippen LogP) is 0.0140. The van der Waals surface area contributed by atoms with Gasteiger partial charge in [0.2, 0.25) is 10.0 Å². The number of nitrogens with two attached hydrogens (primary N) is 1. The Morgan fingerprint density at radius 1 is 1.50 bits per heavy atom. The van der Waals surface area contributed by atoms with Crippen molar-refractivity contribution >= 4 is 15.8 Å². The molecule has 0 bridgehead atoms. The van der Waals surface area contributed by atoms with Gasteiger partial charge in [-0.3, -0.25) is 4.68 Å². The van der Waals surface area contributed by atoms with E-state index < -0.39 is 15.6 Å². The molecule has 0 aliphatic carbocycles. The van der Waals surface area contributed by atoms with E-state index in [1.165, 1.54) is 11.8 Å². The molecule has 1 rings (SSSR count). The van der Waals surface area contributed by atoms with Crippen LogP contribution in [0.15, 0.2) is 4.90 Å².